The fourth-order valence-electron chi connectivity index (χ4n) is 2.54. The number of aliphatic hydroxyl groups excluding tert-OH is 1. The Morgan fingerprint density at radius 3 is 2.58 bits per heavy atom. The summed E-state index contributed by atoms with van der Waals surface area (Å²) in [7, 11) is -2.17. The van der Waals surface area contributed by atoms with E-state index in [9.17, 15) is 13.5 Å². The van der Waals surface area contributed by atoms with Crippen molar-refractivity contribution in [3.63, 3.8) is 0 Å². The minimum Gasteiger partial charge on any atom is -0.497 e. The second-order valence-electron chi connectivity index (χ2n) is 5.83. The number of benzene rings is 2. The van der Waals surface area contributed by atoms with Crippen LogP contribution in [0.25, 0.3) is 0 Å². The van der Waals surface area contributed by atoms with Crippen LogP contribution in [-0.2, 0) is 10.0 Å². The van der Waals surface area contributed by atoms with Crippen molar-refractivity contribution >= 4 is 22.1 Å². The van der Waals surface area contributed by atoms with Crippen molar-refractivity contribution in [2.75, 3.05) is 13.7 Å². The highest BCUT2D eigenvalue weighted by molar-refractivity contribution is 7.90. The molecule has 2 aromatic rings. The molecule has 0 bridgehead atoms. The number of methoxy groups -OCH3 is 1. The van der Waals surface area contributed by atoms with Crippen molar-refractivity contribution in [2.45, 2.75) is 17.9 Å². The lowest BCUT2D eigenvalue weighted by molar-refractivity contribution is 0.161. The molecule has 1 heterocycles. The van der Waals surface area contributed by atoms with Gasteiger partial charge in [-0.1, -0.05) is 12.1 Å². The number of amidine groups is 1. The van der Waals surface area contributed by atoms with Crippen molar-refractivity contribution in [3.8, 4) is 5.75 Å². The third-order valence-corrected chi connectivity index (χ3v) is 5.08. The first-order valence-electron chi connectivity index (χ1n) is 7.99. The number of sulfonamides is 1. The summed E-state index contributed by atoms with van der Waals surface area (Å²) in [5.41, 5.74) is 1.27. The molecule has 26 heavy (non-hydrogen) atoms. The zero-order valence-electron chi connectivity index (χ0n) is 14.4. The fourth-order valence-corrected chi connectivity index (χ4v) is 3.75. The van der Waals surface area contributed by atoms with E-state index in [1.807, 2.05) is 12.1 Å². The highest BCUT2D eigenvalue weighted by Gasteiger charge is 2.32. The molecule has 0 saturated heterocycles. The van der Waals surface area contributed by atoms with E-state index in [0.717, 1.165) is 11.3 Å². The summed E-state index contributed by atoms with van der Waals surface area (Å²) in [6.45, 7) is 1.71. The van der Waals surface area contributed by atoms with Crippen LogP contribution < -0.4 is 4.74 Å². The molecule has 0 spiro atoms. The molecule has 0 aromatic heterocycles. The normalized spacial score (nSPS) is 16.2. The molecule has 136 valence electrons. The summed E-state index contributed by atoms with van der Waals surface area (Å²) < 4.78 is 33.5. The summed E-state index contributed by atoms with van der Waals surface area (Å²) in [6.07, 6.45) is 0.860. The van der Waals surface area contributed by atoms with Gasteiger partial charge in [-0.2, -0.15) is 13.5 Å². The second kappa shape index (κ2) is 7.27. The average Bonchev–Trinajstić information content (AvgIpc) is 2.90. The van der Waals surface area contributed by atoms with Gasteiger partial charge >= 0.3 is 0 Å². The fraction of sp³-hybridized carbons (Fsp3) is 0.222. The first kappa shape index (κ1) is 18.1. The van der Waals surface area contributed by atoms with E-state index >= 15 is 0 Å². The Labute approximate surface area is 152 Å². The zero-order valence-corrected chi connectivity index (χ0v) is 15.2. The second-order valence-corrected chi connectivity index (χ2v) is 7.41. The molecule has 1 atom stereocenters. The first-order chi connectivity index (χ1) is 12.4. The van der Waals surface area contributed by atoms with E-state index in [1.165, 1.54) is 11.1 Å². The van der Waals surface area contributed by atoms with Crippen molar-refractivity contribution in [1.29, 1.82) is 0 Å². The molecule has 0 aliphatic carbocycles. The lowest BCUT2D eigenvalue weighted by Crippen LogP contribution is -2.32. The monoisotopic (exact) mass is 373 g/mol. The lowest BCUT2D eigenvalue weighted by Gasteiger charge is -2.20. The summed E-state index contributed by atoms with van der Waals surface area (Å²) in [4.78, 5) is 0.144. The highest BCUT2D eigenvalue weighted by Crippen LogP contribution is 2.27. The quantitative estimate of drug-likeness (QED) is 0.638. The molecule has 1 N–H and O–H groups in total. The van der Waals surface area contributed by atoms with Crippen molar-refractivity contribution < 1.29 is 18.3 Å². The van der Waals surface area contributed by atoms with Crippen LogP contribution in [0.5, 0.6) is 5.75 Å². The molecule has 3 rings (SSSR count). The van der Waals surface area contributed by atoms with E-state index in [1.54, 1.807) is 50.6 Å². The lowest BCUT2D eigenvalue weighted by atomic mass is 10.2. The predicted octanol–water partition coefficient (Wildman–Crippen LogP) is 1.86. The van der Waals surface area contributed by atoms with Gasteiger partial charge in [0.05, 0.1) is 26.0 Å². The molecule has 0 radical (unpaired) electrons. The summed E-state index contributed by atoms with van der Waals surface area (Å²) in [5.74, 6) is 0.925. The number of fused-ring (bicyclic) bond motifs is 1. The molecule has 0 saturated carbocycles. The Morgan fingerprint density at radius 1 is 1.23 bits per heavy atom. The smallest absolute Gasteiger partial charge is 0.285 e. The molecule has 1 unspecified atom stereocenters. The molecule has 1 aliphatic rings. The van der Waals surface area contributed by atoms with Gasteiger partial charge in [-0.05, 0) is 48.9 Å². The molecule has 2 aromatic carbocycles. The van der Waals surface area contributed by atoms with Crippen LogP contribution in [0.3, 0.4) is 0 Å². The number of aliphatic hydroxyl groups is 1. The van der Waals surface area contributed by atoms with Gasteiger partial charge in [-0.25, -0.2) is 5.01 Å². The largest absolute Gasteiger partial charge is 0.497 e. The van der Waals surface area contributed by atoms with Gasteiger partial charge in [0.15, 0.2) is 5.84 Å². The van der Waals surface area contributed by atoms with E-state index in [0.29, 0.717) is 5.56 Å². The van der Waals surface area contributed by atoms with Gasteiger partial charge in [0.25, 0.3) is 10.0 Å². The topological polar surface area (TPSA) is 91.6 Å². The van der Waals surface area contributed by atoms with Gasteiger partial charge in [0.2, 0.25) is 0 Å². The zero-order chi connectivity index (χ0) is 18.7. The van der Waals surface area contributed by atoms with Crippen LogP contribution in [0.2, 0.25) is 0 Å². The summed E-state index contributed by atoms with van der Waals surface area (Å²) in [5, 5.41) is 15.5. The third-order valence-electron chi connectivity index (χ3n) is 3.76. The first-order valence-corrected chi connectivity index (χ1v) is 9.43. The van der Waals surface area contributed by atoms with Crippen LogP contribution in [0, 0.1) is 0 Å². The maximum Gasteiger partial charge on any atom is 0.285 e. The van der Waals surface area contributed by atoms with E-state index < -0.39 is 16.1 Å². The van der Waals surface area contributed by atoms with Crippen molar-refractivity contribution in [3.05, 3.63) is 59.7 Å². The Hall–Kier alpha value is -2.71. The SMILES string of the molecule is COc1ccc(C=NN(CC(C)O)C2=NS(=O)(=O)c3ccccc32)cc1. The Bertz CT molecular complexity index is 951. The number of hydrogen-bond donors (Lipinski definition) is 1. The minimum atomic E-state index is -3.75. The number of nitrogens with zero attached hydrogens (tertiary/aromatic N) is 3. The van der Waals surface area contributed by atoms with Crippen LogP contribution in [0.15, 0.2) is 62.9 Å². The maximum absolute atomic E-state index is 12.3. The molecular formula is C18H19N3O4S. The molecule has 0 fully saturated rings. The standard InChI is InChI=1S/C18H19N3O4S/c1-13(22)12-21(19-11-14-7-9-15(25-2)10-8-14)18-16-5-3-4-6-17(16)26(23,24)20-18/h3-11,13,22H,12H2,1-2H3. The number of hydrazone groups is 1. The van der Waals surface area contributed by atoms with E-state index in [-0.39, 0.29) is 17.3 Å². The summed E-state index contributed by atoms with van der Waals surface area (Å²) >= 11 is 0. The van der Waals surface area contributed by atoms with Gasteiger partial charge in [-0.15, -0.1) is 4.40 Å². The number of rotatable bonds is 5. The Morgan fingerprint density at radius 2 is 1.92 bits per heavy atom. The molecule has 8 heteroatoms. The van der Waals surface area contributed by atoms with Crippen LogP contribution in [-0.4, -0.2) is 50.3 Å². The average molecular weight is 373 g/mol. The van der Waals surface area contributed by atoms with Crippen molar-refractivity contribution in [2.24, 2.45) is 9.50 Å². The van der Waals surface area contributed by atoms with Crippen LogP contribution >= 0.6 is 0 Å². The third kappa shape index (κ3) is 3.76. The summed E-state index contributed by atoms with van der Waals surface area (Å²) in [6, 6.07) is 13.8. The minimum absolute atomic E-state index is 0.106. The molecular weight excluding hydrogens is 354 g/mol. The van der Waals surface area contributed by atoms with E-state index in [2.05, 4.69) is 9.50 Å². The van der Waals surface area contributed by atoms with Gasteiger partial charge < -0.3 is 9.84 Å². The van der Waals surface area contributed by atoms with Gasteiger partial charge in [0, 0.05) is 5.56 Å². The molecule has 7 nitrogen and oxygen atoms in total. The van der Waals surface area contributed by atoms with Gasteiger partial charge in [0.1, 0.15) is 10.6 Å². The predicted molar refractivity (Wildman–Crippen MR) is 99.1 cm³/mol. The van der Waals surface area contributed by atoms with Crippen LogP contribution in [0.1, 0.15) is 18.1 Å². The molecule has 0 amide bonds. The maximum atomic E-state index is 12.3. The highest BCUT2D eigenvalue weighted by atomic mass is 32.2. The molecule has 1 aliphatic heterocycles. The Kier molecular flexibility index (Phi) is 5.06. The number of hydrogen-bond acceptors (Lipinski definition) is 6. The van der Waals surface area contributed by atoms with Crippen molar-refractivity contribution in [1.82, 2.24) is 5.01 Å². The van der Waals surface area contributed by atoms with Gasteiger partial charge in [-0.3, -0.25) is 0 Å². The van der Waals surface area contributed by atoms with Crippen LogP contribution in [0.4, 0.5) is 0 Å². The number of ether oxygens (including phenoxy) is 1. The Balaban J connectivity index is 1.95. The van der Waals surface area contributed by atoms with E-state index in [4.69, 9.17) is 4.74 Å².